The number of carbonyl (C=O) groups is 1. The van der Waals surface area contributed by atoms with Crippen LogP contribution in [0.3, 0.4) is 0 Å². The summed E-state index contributed by atoms with van der Waals surface area (Å²) in [5.41, 5.74) is 1.09. The molecule has 1 amide bonds. The fourth-order valence-corrected chi connectivity index (χ4v) is 1.40. The van der Waals surface area contributed by atoms with Gasteiger partial charge in [-0.1, -0.05) is 17.7 Å². The van der Waals surface area contributed by atoms with E-state index in [1.807, 2.05) is 25.1 Å². The van der Waals surface area contributed by atoms with Gasteiger partial charge in [-0.15, -0.1) is 0 Å². The van der Waals surface area contributed by atoms with Crippen LogP contribution in [-0.4, -0.2) is 19.1 Å². The molecule has 1 aromatic rings. The standard InChI is InChI=1S/C11H14ClNO2/c1-8-3-4-11(10(12)7-8)15-6-5-13-9(2)14/h3-4,7H,5-6H2,1-2H3,(H,13,14). The number of rotatable bonds is 4. The van der Waals surface area contributed by atoms with Crippen LogP contribution in [0.2, 0.25) is 5.02 Å². The summed E-state index contributed by atoms with van der Waals surface area (Å²) in [5.74, 6) is 0.584. The Kier molecular flexibility index (Phi) is 4.43. The lowest BCUT2D eigenvalue weighted by molar-refractivity contribution is -0.119. The van der Waals surface area contributed by atoms with Gasteiger partial charge in [-0.05, 0) is 24.6 Å². The Hall–Kier alpha value is -1.22. The molecule has 0 saturated carbocycles. The largest absolute Gasteiger partial charge is 0.490 e. The van der Waals surface area contributed by atoms with Crippen LogP contribution in [0.1, 0.15) is 12.5 Å². The predicted molar refractivity (Wildman–Crippen MR) is 60.4 cm³/mol. The molecule has 0 atom stereocenters. The Morgan fingerprint density at radius 3 is 2.87 bits per heavy atom. The predicted octanol–water partition coefficient (Wildman–Crippen LogP) is 2.16. The fourth-order valence-electron chi connectivity index (χ4n) is 1.11. The van der Waals surface area contributed by atoms with Crippen molar-refractivity contribution >= 4 is 17.5 Å². The summed E-state index contributed by atoms with van der Waals surface area (Å²) in [6.45, 7) is 4.34. The van der Waals surface area contributed by atoms with Gasteiger partial charge in [0, 0.05) is 6.92 Å². The fraction of sp³-hybridized carbons (Fsp3) is 0.364. The van der Waals surface area contributed by atoms with Crippen LogP contribution < -0.4 is 10.1 Å². The Morgan fingerprint density at radius 1 is 1.53 bits per heavy atom. The molecule has 0 fully saturated rings. The summed E-state index contributed by atoms with van der Waals surface area (Å²) in [5, 5.41) is 3.23. The summed E-state index contributed by atoms with van der Waals surface area (Å²) in [4.78, 5) is 10.6. The Labute approximate surface area is 94.4 Å². The average molecular weight is 228 g/mol. The molecule has 0 heterocycles. The molecule has 0 radical (unpaired) electrons. The first-order chi connectivity index (χ1) is 7.09. The molecule has 0 bridgehead atoms. The summed E-state index contributed by atoms with van der Waals surface area (Å²) < 4.78 is 5.40. The zero-order chi connectivity index (χ0) is 11.3. The molecule has 0 aliphatic rings. The highest BCUT2D eigenvalue weighted by atomic mass is 35.5. The van der Waals surface area contributed by atoms with Crippen molar-refractivity contribution in [3.63, 3.8) is 0 Å². The van der Waals surface area contributed by atoms with Crippen LogP contribution in [0, 0.1) is 6.92 Å². The van der Waals surface area contributed by atoms with Gasteiger partial charge < -0.3 is 10.1 Å². The molecular formula is C11H14ClNO2. The van der Waals surface area contributed by atoms with E-state index < -0.39 is 0 Å². The van der Waals surface area contributed by atoms with Crippen LogP contribution in [0.4, 0.5) is 0 Å². The second kappa shape index (κ2) is 5.61. The smallest absolute Gasteiger partial charge is 0.216 e. The number of amides is 1. The second-order valence-electron chi connectivity index (χ2n) is 3.27. The molecule has 0 aliphatic heterocycles. The highest BCUT2D eigenvalue weighted by molar-refractivity contribution is 6.32. The van der Waals surface area contributed by atoms with Crippen LogP contribution in [0.15, 0.2) is 18.2 Å². The summed E-state index contributed by atoms with van der Waals surface area (Å²) >= 11 is 5.96. The molecule has 82 valence electrons. The molecule has 0 aliphatic carbocycles. The summed E-state index contributed by atoms with van der Waals surface area (Å²) in [6, 6.07) is 5.60. The molecule has 0 spiro atoms. The Bertz CT molecular complexity index is 352. The minimum Gasteiger partial charge on any atom is -0.490 e. The minimum atomic E-state index is -0.0615. The van der Waals surface area contributed by atoms with Crippen molar-refractivity contribution in [1.82, 2.24) is 5.32 Å². The molecule has 4 heteroatoms. The molecule has 1 aromatic carbocycles. The van der Waals surface area contributed by atoms with E-state index in [4.69, 9.17) is 16.3 Å². The van der Waals surface area contributed by atoms with Gasteiger partial charge >= 0.3 is 0 Å². The van der Waals surface area contributed by atoms with E-state index in [9.17, 15) is 4.79 Å². The van der Waals surface area contributed by atoms with Crippen LogP contribution >= 0.6 is 11.6 Å². The monoisotopic (exact) mass is 227 g/mol. The zero-order valence-electron chi connectivity index (χ0n) is 8.84. The van der Waals surface area contributed by atoms with Gasteiger partial charge in [0.2, 0.25) is 5.91 Å². The van der Waals surface area contributed by atoms with Crippen molar-refractivity contribution in [2.45, 2.75) is 13.8 Å². The Morgan fingerprint density at radius 2 is 2.27 bits per heavy atom. The first kappa shape index (κ1) is 11.9. The lowest BCUT2D eigenvalue weighted by Gasteiger charge is -2.08. The molecule has 15 heavy (non-hydrogen) atoms. The van der Waals surface area contributed by atoms with Gasteiger partial charge in [-0.2, -0.15) is 0 Å². The number of benzene rings is 1. The highest BCUT2D eigenvalue weighted by Gasteiger charge is 2.00. The van der Waals surface area contributed by atoms with Gasteiger partial charge in [-0.25, -0.2) is 0 Å². The van der Waals surface area contributed by atoms with Crippen LogP contribution in [-0.2, 0) is 4.79 Å². The van der Waals surface area contributed by atoms with Crippen molar-refractivity contribution in [2.75, 3.05) is 13.2 Å². The molecule has 3 nitrogen and oxygen atoms in total. The number of hydrogen-bond acceptors (Lipinski definition) is 2. The van der Waals surface area contributed by atoms with Gasteiger partial charge in [-0.3, -0.25) is 4.79 Å². The molecule has 1 N–H and O–H groups in total. The van der Waals surface area contributed by atoms with E-state index in [1.54, 1.807) is 0 Å². The van der Waals surface area contributed by atoms with Crippen molar-refractivity contribution in [3.8, 4) is 5.75 Å². The topological polar surface area (TPSA) is 38.3 Å². The normalized spacial score (nSPS) is 9.80. The Balaban J connectivity index is 2.40. The van der Waals surface area contributed by atoms with Gasteiger partial charge in [0.15, 0.2) is 0 Å². The number of hydrogen-bond donors (Lipinski definition) is 1. The lowest BCUT2D eigenvalue weighted by atomic mass is 10.2. The number of nitrogens with one attached hydrogen (secondary N) is 1. The maximum Gasteiger partial charge on any atom is 0.216 e. The van der Waals surface area contributed by atoms with Crippen molar-refractivity contribution in [2.24, 2.45) is 0 Å². The van der Waals surface area contributed by atoms with Gasteiger partial charge in [0.25, 0.3) is 0 Å². The summed E-state index contributed by atoms with van der Waals surface area (Å²) in [6.07, 6.45) is 0. The molecule has 0 aromatic heterocycles. The SMILES string of the molecule is CC(=O)NCCOc1ccc(C)cc1Cl. The maximum atomic E-state index is 10.6. The lowest BCUT2D eigenvalue weighted by Crippen LogP contribution is -2.25. The first-order valence-corrected chi connectivity index (χ1v) is 5.11. The molecule has 1 rings (SSSR count). The number of carbonyl (C=O) groups excluding carboxylic acids is 1. The van der Waals surface area contributed by atoms with E-state index >= 15 is 0 Å². The van der Waals surface area contributed by atoms with E-state index in [0.29, 0.717) is 23.9 Å². The van der Waals surface area contributed by atoms with E-state index in [2.05, 4.69) is 5.32 Å². The number of aryl methyl sites for hydroxylation is 1. The third kappa shape index (κ3) is 4.21. The zero-order valence-corrected chi connectivity index (χ0v) is 9.60. The average Bonchev–Trinajstić information content (AvgIpc) is 2.14. The van der Waals surface area contributed by atoms with E-state index in [1.165, 1.54) is 6.92 Å². The summed E-state index contributed by atoms with van der Waals surface area (Å²) in [7, 11) is 0. The van der Waals surface area contributed by atoms with Crippen molar-refractivity contribution in [3.05, 3.63) is 28.8 Å². The minimum absolute atomic E-state index is 0.0615. The number of halogens is 1. The molecule has 0 saturated heterocycles. The van der Waals surface area contributed by atoms with Crippen molar-refractivity contribution < 1.29 is 9.53 Å². The highest BCUT2D eigenvalue weighted by Crippen LogP contribution is 2.24. The van der Waals surface area contributed by atoms with Gasteiger partial charge in [0.05, 0.1) is 11.6 Å². The van der Waals surface area contributed by atoms with Crippen LogP contribution in [0.5, 0.6) is 5.75 Å². The van der Waals surface area contributed by atoms with E-state index in [0.717, 1.165) is 5.56 Å². The third-order valence-corrected chi connectivity index (χ3v) is 2.12. The first-order valence-electron chi connectivity index (χ1n) is 4.73. The third-order valence-electron chi connectivity index (χ3n) is 1.82. The maximum absolute atomic E-state index is 10.6. The van der Waals surface area contributed by atoms with Crippen LogP contribution in [0.25, 0.3) is 0 Å². The molecule has 0 unspecified atom stereocenters. The van der Waals surface area contributed by atoms with Crippen molar-refractivity contribution in [1.29, 1.82) is 0 Å². The quantitative estimate of drug-likeness (QED) is 0.801. The molecular weight excluding hydrogens is 214 g/mol. The second-order valence-corrected chi connectivity index (χ2v) is 3.67. The van der Waals surface area contributed by atoms with E-state index in [-0.39, 0.29) is 5.91 Å². The number of ether oxygens (including phenoxy) is 1. The van der Waals surface area contributed by atoms with Gasteiger partial charge in [0.1, 0.15) is 12.4 Å².